The van der Waals surface area contributed by atoms with Crippen LogP contribution in [0.15, 0.2) is 10.7 Å². The summed E-state index contributed by atoms with van der Waals surface area (Å²) < 4.78 is 16.0. The van der Waals surface area contributed by atoms with Crippen LogP contribution in [0.5, 0.6) is 0 Å². The monoisotopic (exact) mass is 211 g/mol. The van der Waals surface area contributed by atoms with Crippen molar-refractivity contribution in [3.63, 3.8) is 0 Å². The third-order valence-corrected chi connectivity index (χ3v) is 2.52. The van der Waals surface area contributed by atoms with Gasteiger partial charge in [-0.15, -0.1) is 0 Å². The van der Waals surface area contributed by atoms with Gasteiger partial charge in [-0.3, -0.25) is 5.32 Å². The number of rotatable bonds is 2. The molecule has 0 spiro atoms. The smallest absolute Gasteiger partial charge is 0.299 e. The molecule has 1 atom stereocenters. The van der Waals surface area contributed by atoms with Crippen LogP contribution in [0.4, 0.5) is 6.01 Å². The fourth-order valence-electron chi connectivity index (χ4n) is 1.72. The third-order valence-electron chi connectivity index (χ3n) is 2.52. The molecule has 0 radical (unpaired) electrons. The highest BCUT2D eigenvalue weighted by Crippen LogP contribution is 2.22. The van der Waals surface area contributed by atoms with Crippen molar-refractivity contribution in [2.75, 3.05) is 37.9 Å². The molecular weight excluding hydrogens is 198 g/mol. The summed E-state index contributed by atoms with van der Waals surface area (Å²) in [5.74, 6) is 0. The second kappa shape index (κ2) is 3.80. The maximum atomic E-state index is 5.43. The van der Waals surface area contributed by atoms with Crippen LogP contribution in [0, 0.1) is 0 Å². The fraction of sp³-hybridized carbons (Fsp3) is 0.667. The minimum atomic E-state index is -0.119. The summed E-state index contributed by atoms with van der Waals surface area (Å²) in [5.41, 5.74) is 0.800. The zero-order chi connectivity index (χ0) is 10.1. The Bertz CT molecular complexity index is 299. The highest BCUT2D eigenvalue weighted by atomic mass is 16.5. The van der Waals surface area contributed by atoms with Gasteiger partial charge in [-0.2, -0.15) is 4.98 Å². The Morgan fingerprint density at radius 3 is 3.20 bits per heavy atom. The molecule has 0 aliphatic carbocycles. The van der Waals surface area contributed by atoms with Crippen molar-refractivity contribution in [1.82, 2.24) is 10.3 Å². The van der Waals surface area contributed by atoms with Crippen LogP contribution in [-0.4, -0.2) is 38.0 Å². The lowest BCUT2D eigenvalue weighted by molar-refractivity contribution is 0.0984. The molecule has 3 heterocycles. The molecule has 0 bridgehead atoms. The van der Waals surface area contributed by atoms with Crippen molar-refractivity contribution < 1.29 is 13.9 Å². The number of aromatic nitrogens is 1. The summed E-state index contributed by atoms with van der Waals surface area (Å²) in [6.45, 7) is 3.70. The van der Waals surface area contributed by atoms with E-state index in [0.29, 0.717) is 12.7 Å². The average Bonchev–Trinajstić information content (AvgIpc) is 3.02. The zero-order valence-corrected chi connectivity index (χ0v) is 8.31. The molecule has 0 saturated carbocycles. The summed E-state index contributed by atoms with van der Waals surface area (Å²) in [7, 11) is 0. The van der Waals surface area contributed by atoms with Crippen molar-refractivity contribution >= 4 is 6.01 Å². The molecule has 1 aromatic rings. The minimum absolute atomic E-state index is 0.119. The average molecular weight is 211 g/mol. The Kier molecular flexibility index (Phi) is 2.32. The summed E-state index contributed by atoms with van der Waals surface area (Å²) >= 11 is 0. The van der Waals surface area contributed by atoms with Gasteiger partial charge in [-0.05, 0) is 0 Å². The topological polar surface area (TPSA) is 59.8 Å². The SMILES string of the molecule is c1oc(N2CCOC2)nc1C1NCCO1. The standard InChI is InChI=1S/C9H13N3O3/c1-3-14-8(10-1)7-5-15-9(11-7)12-2-4-13-6-12/h5,8,10H,1-4,6H2. The lowest BCUT2D eigenvalue weighted by atomic mass is 10.4. The third kappa shape index (κ3) is 1.71. The summed E-state index contributed by atoms with van der Waals surface area (Å²) in [6.07, 6.45) is 1.52. The van der Waals surface area contributed by atoms with Gasteiger partial charge in [0.25, 0.3) is 6.01 Å². The molecule has 0 amide bonds. The van der Waals surface area contributed by atoms with Gasteiger partial charge in [-0.25, -0.2) is 0 Å². The van der Waals surface area contributed by atoms with Crippen LogP contribution in [0.3, 0.4) is 0 Å². The van der Waals surface area contributed by atoms with Gasteiger partial charge in [-0.1, -0.05) is 0 Å². The number of anilines is 1. The van der Waals surface area contributed by atoms with Gasteiger partial charge in [0.1, 0.15) is 18.7 Å². The van der Waals surface area contributed by atoms with Crippen molar-refractivity contribution in [3.05, 3.63) is 12.0 Å². The first kappa shape index (κ1) is 9.14. The highest BCUT2D eigenvalue weighted by molar-refractivity contribution is 5.27. The first-order valence-electron chi connectivity index (χ1n) is 5.06. The molecule has 2 aliphatic heterocycles. The Morgan fingerprint density at radius 2 is 2.47 bits per heavy atom. The molecule has 82 valence electrons. The van der Waals surface area contributed by atoms with E-state index in [1.807, 2.05) is 4.90 Å². The molecule has 1 unspecified atom stereocenters. The second-order valence-corrected chi connectivity index (χ2v) is 3.56. The molecular formula is C9H13N3O3. The number of nitrogens with one attached hydrogen (secondary N) is 1. The molecule has 2 saturated heterocycles. The summed E-state index contributed by atoms with van der Waals surface area (Å²) in [6, 6.07) is 0.611. The van der Waals surface area contributed by atoms with E-state index in [9.17, 15) is 0 Å². The molecule has 6 heteroatoms. The Labute approximate surface area is 87.2 Å². The van der Waals surface area contributed by atoms with Crippen LogP contribution in [0.2, 0.25) is 0 Å². The van der Waals surface area contributed by atoms with E-state index in [1.165, 1.54) is 0 Å². The molecule has 15 heavy (non-hydrogen) atoms. The molecule has 0 aromatic carbocycles. The molecule has 2 aliphatic rings. The summed E-state index contributed by atoms with van der Waals surface area (Å²) in [5, 5.41) is 3.18. The van der Waals surface area contributed by atoms with Gasteiger partial charge in [0.05, 0.1) is 13.2 Å². The molecule has 3 rings (SSSR count). The Balaban J connectivity index is 1.74. The minimum Gasteiger partial charge on any atom is -0.432 e. The van der Waals surface area contributed by atoms with Crippen LogP contribution >= 0.6 is 0 Å². The van der Waals surface area contributed by atoms with E-state index in [4.69, 9.17) is 13.9 Å². The zero-order valence-electron chi connectivity index (χ0n) is 8.31. The number of ether oxygens (including phenoxy) is 2. The summed E-state index contributed by atoms with van der Waals surface area (Å²) in [4.78, 5) is 6.32. The fourth-order valence-corrected chi connectivity index (χ4v) is 1.72. The maximum Gasteiger partial charge on any atom is 0.299 e. The first-order chi connectivity index (χ1) is 7.43. The number of nitrogens with zero attached hydrogens (tertiary/aromatic N) is 2. The van der Waals surface area contributed by atoms with Crippen LogP contribution in [0.25, 0.3) is 0 Å². The van der Waals surface area contributed by atoms with Gasteiger partial charge in [0.15, 0.2) is 6.23 Å². The Hall–Kier alpha value is -1.11. The number of hydrogen-bond donors (Lipinski definition) is 1. The second-order valence-electron chi connectivity index (χ2n) is 3.56. The predicted molar refractivity (Wildman–Crippen MR) is 51.4 cm³/mol. The van der Waals surface area contributed by atoms with E-state index in [1.54, 1.807) is 6.26 Å². The quantitative estimate of drug-likeness (QED) is 0.748. The highest BCUT2D eigenvalue weighted by Gasteiger charge is 2.23. The van der Waals surface area contributed by atoms with Gasteiger partial charge in [0.2, 0.25) is 0 Å². The van der Waals surface area contributed by atoms with Gasteiger partial charge < -0.3 is 18.8 Å². The van der Waals surface area contributed by atoms with Crippen molar-refractivity contribution in [2.24, 2.45) is 0 Å². The molecule has 6 nitrogen and oxygen atoms in total. The first-order valence-corrected chi connectivity index (χ1v) is 5.06. The van der Waals surface area contributed by atoms with E-state index < -0.39 is 0 Å². The van der Waals surface area contributed by atoms with E-state index >= 15 is 0 Å². The number of hydrogen-bond acceptors (Lipinski definition) is 6. The van der Waals surface area contributed by atoms with Crippen LogP contribution in [-0.2, 0) is 9.47 Å². The molecule has 1 N–H and O–H groups in total. The lowest BCUT2D eigenvalue weighted by Gasteiger charge is -2.09. The van der Waals surface area contributed by atoms with Crippen molar-refractivity contribution in [3.8, 4) is 0 Å². The predicted octanol–water partition coefficient (Wildman–Crippen LogP) is 0.0871. The largest absolute Gasteiger partial charge is 0.432 e. The van der Waals surface area contributed by atoms with E-state index in [2.05, 4.69) is 10.3 Å². The van der Waals surface area contributed by atoms with Gasteiger partial charge in [0, 0.05) is 13.1 Å². The molecule has 2 fully saturated rings. The van der Waals surface area contributed by atoms with E-state index in [0.717, 1.165) is 32.0 Å². The number of oxazole rings is 1. The van der Waals surface area contributed by atoms with Crippen molar-refractivity contribution in [1.29, 1.82) is 0 Å². The van der Waals surface area contributed by atoms with Crippen molar-refractivity contribution in [2.45, 2.75) is 6.23 Å². The molecule has 1 aromatic heterocycles. The lowest BCUT2D eigenvalue weighted by Crippen LogP contribution is -2.19. The van der Waals surface area contributed by atoms with Crippen LogP contribution in [0.1, 0.15) is 11.9 Å². The van der Waals surface area contributed by atoms with Gasteiger partial charge >= 0.3 is 0 Å². The Morgan fingerprint density at radius 1 is 1.47 bits per heavy atom. The maximum absolute atomic E-state index is 5.43. The van der Waals surface area contributed by atoms with E-state index in [-0.39, 0.29) is 6.23 Å². The van der Waals surface area contributed by atoms with Crippen LogP contribution < -0.4 is 10.2 Å². The normalized spacial score (nSPS) is 26.4.